The van der Waals surface area contributed by atoms with E-state index in [-0.39, 0.29) is 5.91 Å². The first-order chi connectivity index (χ1) is 8.27. The standard InChI is InChI=1S/C11H11ClN4O/c12-10-6-13-3-2-9(10)11(17)15-4-1-8-5-14-7-16-8/h2-3,5-7H,1,4H2,(H,14,16)(H,15,17). The van der Waals surface area contributed by atoms with E-state index in [2.05, 4.69) is 20.3 Å². The van der Waals surface area contributed by atoms with Crippen LogP contribution in [0.25, 0.3) is 0 Å². The highest BCUT2D eigenvalue weighted by Crippen LogP contribution is 2.12. The van der Waals surface area contributed by atoms with Gasteiger partial charge in [0.25, 0.3) is 5.91 Å². The van der Waals surface area contributed by atoms with Gasteiger partial charge in [0.05, 0.1) is 16.9 Å². The summed E-state index contributed by atoms with van der Waals surface area (Å²) in [5.74, 6) is -0.197. The molecule has 17 heavy (non-hydrogen) atoms. The first-order valence-electron chi connectivity index (χ1n) is 5.12. The molecule has 0 radical (unpaired) electrons. The van der Waals surface area contributed by atoms with E-state index in [4.69, 9.17) is 11.6 Å². The molecule has 0 spiro atoms. The van der Waals surface area contributed by atoms with Crippen LogP contribution in [0.5, 0.6) is 0 Å². The maximum atomic E-state index is 11.7. The number of imidazole rings is 1. The van der Waals surface area contributed by atoms with Gasteiger partial charge in [0.15, 0.2) is 0 Å². The Morgan fingerprint density at radius 1 is 1.41 bits per heavy atom. The van der Waals surface area contributed by atoms with E-state index in [9.17, 15) is 4.79 Å². The number of H-pyrrole nitrogens is 1. The molecule has 2 aromatic rings. The van der Waals surface area contributed by atoms with Crippen LogP contribution in [0.1, 0.15) is 16.1 Å². The number of aromatic nitrogens is 3. The Hall–Kier alpha value is -1.88. The van der Waals surface area contributed by atoms with E-state index >= 15 is 0 Å². The largest absolute Gasteiger partial charge is 0.352 e. The third-order valence-electron chi connectivity index (χ3n) is 2.25. The molecule has 2 rings (SSSR count). The van der Waals surface area contributed by atoms with Crippen molar-refractivity contribution in [3.8, 4) is 0 Å². The zero-order valence-electron chi connectivity index (χ0n) is 8.98. The number of carbonyl (C=O) groups is 1. The smallest absolute Gasteiger partial charge is 0.252 e. The molecular formula is C11H11ClN4O. The summed E-state index contributed by atoms with van der Waals surface area (Å²) in [6.45, 7) is 0.527. The summed E-state index contributed by atoms with van der Waals surface area (Å²) in [5.41, 5.74) is 1.41. The second-order valence-electron chi connectivity index (χ2n) is 3.44. The van der Waals surface area contributed by atoms with Crippen LogP contribution >= 0.6 is 11.6 Å². The summed E-state index contributed by atoms with van der Waals surface area (Å²) in [4.78, 5) is 22.4. The average molecular weight is 251 g/mol. The van der Waals surface area contributed by atoms with Gasteiger partial charge >= 0.3 is 0 Å². The molecule has 0 aliphatic carbocycles. The fraction of sp³-hybridized carbons (Fsp3) is 0.182. The summed E-state index contributed by atoms with van der Waals surface area (Å²) in [6.07, 6.45) is 7.03. The molecule has 0 saturated carbocycles. The minimum Gasteiger partial charge on any atom is -0.352 e. The van der Waals surface area contributed by atoms with Gasteiger partial charge in [-0.1, -0.05) is 11.6 Å². The predicted octanol–water partition coefficient (Wildman–Crippen LogP) is 1.43. The molecule has 1 amide bonds. The number of nitrogens with one attached hydrogen (secondary N) is 2. The van der Waals surface area contributed by atoms with Crippen molar-refractivity contribution in [3.63, 3.8) is 0 Å². The molecule has 5 nitrogen and oxygen atoms in total. The highest BCUT2D eigenvalue weighted by molar-refractivity contribution is 6.33. The lowest BCUT2D eigenvalue weighted by Crippen LogP contribution is -2.26. The van der Waals surface area contributed by atoms with E-state index < -0.39 is 0 Å². The number of nitrogens with zero attached hydrogens (tertiary/aromatic N) is 2. The maximum absolute atomic E-state index is 11.7. The van der Waals surface area contributed by atoms with E-state index in [1.807, 2.05) is 0 Å². The third-order valence-corrected chi connectivity index (χ3v) is 2.55. The molecule has 2 aromatic heterocycles. The normalized spacial score (nSPS) is 10.2. The molecule has 0 aliphatic rings. The van der Waals surface area contributed by atoms with Gasteiger partial charge in [0, 0.05) is 37.3 Å². The van der Waals surface area contributed by atoms with Crippen molar-refractivity contribution in [2.24, 2.45) is 0 Å². The van der Waals surface area contributed by atoms with Crippen LogP contribution in [-0.2, 0) is 6.42 Å². The molecule has 0 atom stereocenters. The van der Waals surface area contributed by atoms with Gasteiger partial charge < -0.3 is 10.3 Å². The van der Waals surface area contributed by atoms with Crippen molar-refractivity contribution in [2.75, 3.05) is 6.54 Å². The van der Waals surface area contributed by atoms with Gasteiger partial charge in [-0.2, -0.15) is 0 Å². The van der Waals surface area contributed by atoms with Gasteiger partial charge in [-0.05, 0) is 6.07 Å². The Morgan fingerprint density at radius 3 is 3.00 bits per heavy atom. The van der Waals surface area contributed by atoms with Crippen molar-refractivity contribution >= 4 is 17.5 Å². The van der Waals surface area contributed by atoms with Crippen LogP contribution in [0.15, 0.2) is 31.0 Å². The highest BCUT2D eigenvalue weighted by atomic mass is 35.5. The number of rotatable bonds is 4. The first-order valence-corrected chi connectivity index (χ1v) is 5.50. The lowest BCUT2D eigenvalue weighted by Gasteiger charge is -2.05. The number of hydrogen-bond acceptors (Lipinski definition) is 3. The molecule has 0 bridgehead atoms. The molecule has 88 valence electrons. The average Bonchev–Trinajstić information content (AvgIpc) is 2.82. The van der Waals surface area contributed by atoms with Crippen molar-refractivity contribution in [3.05, 3.63) is 47.3 Å². The summed E-state index contributed by atoms with van der Waals surface area (Å²) < 4.78 is 0. The van der Waals surface area contributed by atoms with Crippen LogP contribution in [0.2, 0.25) is 5.02 Å². The molecular weight excluding hydrogens is 240 g/mol. The lowest BCUT2D eigenvalue weighted by molar-refractivity contribution is 0.0954. The molecule has 2 N–H and O–H groups in total. The van der Waals surface area contributed by atoms with E-state index in [0.29, 0.717) is 23.6 Å². The molecule has 0 unspecified atom stereocenters. The Balaban J connectivity index is 1.88. The summed E-state index contributed by atoms with van der Waals surface area (Å²) in [5, 5.41) is 3.13. The van der Waals surface area contributed by atoms with E-state index in [0.717, 1.165) is 5.69 Å². The molecule has 2 heterocycles. The minimum absolute atomic E-state index is 0.197. The summed E-state index contributed by atoms with van der Waals surface area (Å²) in [6, 6.07) is 1.59. The van der Waals surface area contributed by atoms with E-state index in [1.165, 1.54) is 12.4 Å². The Labute approximate surface area is 103 Å². The summed E-state index contributed by atoms with van der Waals surface area (Å²) >= 11 is 5.86. The van der Waals surface area contributed by atoms with Crippen LogP contribution in [0.3, 0.4) is 0 Å². The summed E-state index contributed by atoms with van der Waals surface area (Å²) in [7, 11) is 0. The quantitative estimate of drug-likeness (QED) is 0.862. The number of pyridine rings is 1. The topological polar surface area (TPSA) is 70.7 Å². The second-order valence-corrected chi connectivity index (χ2v) is 3.85. The third kappa shape index (κ3) is 3.04. The first kappa shape index (κ1) is 11.6. The Bertz CT molecular complexity index is 498. The zero-order chi connectivity index (χ0) is 12.1. The zero-order valence-corrected chi connectivity index (χ0v) is 9.74. The van der Waals surface area contributed by atoms with Crippen LogP contribution in [0.4, 0.5) is 0 Å². The van der Waals surface area contributed by atoms with Gasteiger partial charge in [0.1, 0.15) is 0 Å². The highest BCUT2D eigenvalue weighted by Gasteiger charge is 2.08. The molecule has 0 fully saturated rings. The maximum Gasteiger partial charge on any atom is 0.252 e. The Kier molecular flexibility index (Phi) is 3.72. The SMILES string of the molecule is O=C(NCCc1cnc[nH]1)c1ccncc1Cl. The number of halogens is 1. The van der Waals surface area contributed by atoms with Gasteiger partial charge in [-0.3, -0.25) is 9.78 Å². The molecule has 6 heteroatoms. The number of hydrogen-bond donors (Lipinski definition) is 2. The Morgan fingerprint density at radius 2 is 2.29 bits per heavy atom. The van der Waals surface area contributed by atoms with Gasteiger partial charge in [-0.25, -0.2) is 4.98 Å². The van der Waals surface area contributed by atoms with E-state index in [1.54, 1.807) is 18.6 Å². The fourth-order valence-corrected chi connectivity index (χ4v) is 1.59. The monoisotopic (exact) mass is 250 g/mol. The lowest BCUT2D eigenvalue weighted by atomic mass is 10.2. The van der Waals surface area contributed by atoms with Crippen LogP contribution in [0, 0.1) is 0 Å². The predicted molar refractivity (Wildman–Crippen MR) is 63.9 cm³/mol. The molecule has 0 aromatic carbocycles. The fourth-order valence-electron chi connectivity index (χ4n) is 1.39. The second kappa shape index (κ2) is 5.45. The number of aromatic amines is 1. The van der Waals surface area contributed by atoms with Crippen LogP contribution < -0.4 is 5.32 Å². The number of amides is 1. The van der Waals surface area contributed by atoms with Gasteiger partial charge in [0.2, 0.25) is 0 Å². The minimum atomic E-state index is -0.197. The molecule has 0 aliphatic heterocycles. The van der Waals surface area contributed by atoms with Crippen molar-refractivity contribution in [1.82, 2.24) is 20.3 Å². The number of carbonyl (C=O) groups excluding carboxylic acids is 1. The van der Waals surface area contributed by atoms with Crippen LogP contribution in [-0.4, -0.2) is 27.4 Å². The molecule has 0 saturated heterocycles. The van der Waals surface area contributed by atoms with Gasteiger partial charge in [-0.15, -0.1) is 0 Å². The van der Waals surface area contributed by atoms with Crippen molar-refractivity contribution in [1.29, 1.82) is 0 Å². The van der Waals surface area contributed by atoms with Crippen molar-refractivity contribution < 1.29 is 4.79 Å². The van der Waals surface area contributed by atoms with Crippen molar-refractivity contribution in [2.45, 2.75) is 6.42 Å².